The van der Waals surface area contributed by atoms with Crippen molar-refractivity contribution in [2.75, 3.05) is 6.54 Å². The number of sulfonamides is 1. The molecule has 0 heterocycles. The van der Waals surface area contributed by atoms with Gasteiger partial charge in [-0.05, 0) is 49.6 Å². The Hall–Kier alpha value is -1.42. The first kappa shape index (κ1) is 15.0. The van der Waals surface area contributed by atoms with E-state index in [9.17, 15) is 8.42 Å². The van der Waals surface area contributed by atoms with E-state index in [2.05, 4.69) is 4.72 Å². The second-order valence-corrected chi connectivity index (χ2v) is 6.86. The summed E-state index contributed by atoms with van der Waals surface area (Å²) in [6.07, 6.45) is 3.93. The summed E-state index contributed by atoms with van der Waals surface area (Å²) in [5, 5.41) is 8.73. The van der Waals surface area contributed by atoms with Crippen LogP contribution in [0, 0.1) is 17.2 Å². The Kier molecular flexibility index (Phi) is 4.76. The number of nitrogens with zero attached hydrogens (tertiary/aromatic N) is 1. The maximum atomic E-state index is 12.3. The highest BCUT2D eigenvalue weighted by Crippen LogP contribution is 2.25. The van der Waals surface area contributed by atoms with Crippen molar-refractivity contribution in [2.24, 2.45) is 11.7 Å². The van der Waals surface area contributed by atoms with Crippen LogP contribution in [-0.4, -0.2) is 21.0 Å². The topological polar surface area (TPSA) is 96.0 Å². The summed E-state index contributed by atoms with van der Waals surface area (Å²) in [7, 11) is -3.54. The number of hydrogen-bond acceptors (Lipinski definition) is 4. The molecular formula is C14H19N3O2S. The van der Waals surface area contributed by atoms with Crippen molar-refractivity contribution in [1.29, 1.82) is 5.26 Å². The summed E-state index contributed by atoms with van der Waals surface area (Å²) in [4.78, 5) is 0.192. The molecule has 2 atom stereocenters. The molecule has 0 radical (unpaired) electrons. The molecule has 0 aliphatic heterocycles. The highest BCUT2D eigenvalue weighted by atomic mass is 32.2. The van der Waals surface area contributed by atoms with Crippen LogP contribution in [0.4, 0.5) is 0 Å². The van der Waals surface area contributed by atoms with Crippen LogP contribution >= 0.6 is 0 Å². The van der Waals surface area contributed by atoms with Crippen molar-refractivity contribution in [3.05, 3.63) is 29.8 Å². The van der Waals surface area contributed by atoms with Gasteiger partial charge in [0.1, 0.15) is 0 Å². The van der Waals surface area contributed by atoms with E-state index in [1.807, 2.05) is 6.07 Å². The molecular weight excluding hydrogens is 274 g/mol. The molecule has 1 aromatic carbocycles. The smallest absolute Gasteiger partial charge is 0.240 e. The van der Waals surface area contributed by atoms with E-state index in [1.165, 1.54) is 24.3 Å². The minimum Gasteiger partial charge on any atom is -0.330 e. The van der Waals surface area contributed by atoms with E-state index in [4.69, 9.17) is 11.0 Å². The lowest BCUT2D eigenvalue weighted by atomic mass is 9.85. The van der Waals surface area contributed by atoms with Crippen LogP contribution in [0.1, 0.15) is 31.2 Å². The van der Waals surface area contributed by atoms with E-state index in [1.54, 1.807) is 0 Å². The fourth-order valence-corrected chi connectivity index (χ4v) is 3.96. The zero-order valence-electron chi connectivity index (χ0n) is 11.2. The standard InChI is InChI=1S/C14H19N3O2S/c15-9-11-5-7-13(8-6-11)20(18,19)17-14-4-2-1-3-12(14)10-16/h5-8,12,14,17H,1-4,10,16H2/t12-,14+/m0/s1. The molecule has 0 amide bonds. The summed E-state index contributed by atoms with van der Waals surface area (Å²) in [6, 6.07) is 7.82. The van der Waals surface area contributed by atoms with Crippen molar-refractivity contribution in [3.63, 3.8) is 0 Å². The molecule has 6 heteroatoms. The van der Waals surface area contributed by atoms with E-state index in [-0.39, 0.29) is 16.9 Å². The Labute approximate surface area is 119 Å². The van der Waals surface area contributed by atoms with Gasteiger partial charge in [-0.3, -0.25) is 0 Å². The first-order chi connectivity index (χ1) is 9.56. The lowest BCUT2D eigenvalue weighted by molar-refractivity contribution is 0.296. The third-order valence-corrected chi connectivity index (χ3v) is 5.32. The van der Waals surface area contributed by atoms with Crippen LogP contribution in [0.3, 0.4) is 0 Å². The van der Waals surface area contributed by atoms with Gasteiger partial charge in [-0.15, -0.1) is 0 Å². The average molecular weight is 293 g/mol. The van der Waals surface area contributed by atoms with E-state index >= 15 is 0 Å². The predicted octanol–water partition coefficient (Wildman–Crippen LogP) is 1.35. The highest BCUT2D eigenvalue weighted by molar-refractivity contribution is 7.89. The summed E-state index contributed by atoms with van der Waals surface area (Å²) in [6.45, 7) is 0.501. The zero-order chi connectivity index (χ0) is 14.6. The molecule has 108 valence electrons. The molecule has 0 aromatic heterocycles. The maximum absolute atomic E-state index is 12.3. The minimum atomic E-state index is -3.54. The fourth-order valence-electron chi connectivity index (χ4n) is 2.62. The van der Waals surface area contributed by atoms with Crippen LogP contribution in [0.5, 0.6) is 0 Å². The molecule has 0 bridgehead atoms. The number of benzene rings is 1. The van der Waals surface area contributed by atoms with Crippen LogP contribution < -0.4 is 10.5 Å². The van der Waals surface area contributed by atoms with E-state index in [0.29, 0.717) is 12.1 Å². The van der Waals surface area contributed by atoms with Gasteiger partial charge in [0.2, 0.25) is 10.0 Å². The van der Waals surface area contributed by atoms with Crippen LogP contribution in [0.2, 0.25) is 0 Å². The minimum absolute atomic E-state index is 0.0885. The first-order valence-electron chi connectivity index (χ1n) is 6.79. The van der Waals surface area contributed by atoms with Crippen LogP contribution in [0.25, 0.3) is 0 Å². The Bertz CT molecular complexity index is 590. The quantitative estimate of drug-likeness (QED) is 0.876. The van der Waals surface area contributed by atoms with Gasteiger partial charge < -0.3 is 5.73 Å². The van der Waals surface area contributed by atoms with Crippen molar-refractivity contribution >= 4 is 10.0 Å². The van der Waals surface area contributed by atoms with Gasteiger partial charge in [0, 0.05) is 6.04 Å². The Morgan fingerprint density at radius 2 is 1.90 bits per heavy atom. The van der Waals surface area contributed by atoms with Gasteiger partial charge in [0.05, 0.1) is 16.5 Å². The Balaban J connectivity index is 2.15. The van der Waals surface area contributed by atoms with Gasteiger partial charge in [-0.2, -0.15) is 5.26 Å². The van der Waals surface area contributed by atoms with E-state index in [0.717, 1.165) is 25.7 Å². The first-order valence-corrected chi connectivity index (χ1v) is 8.27. The van der Waals surface area contributed by atoms with Gasteiger partial charge in [0.25, 0.3) is 0 Å². The Morgan fingerprint density at radius 1 is 1.25 bits per heavy atom. The summed E-state index contributed by atoms with van der Waals surface area (Å²) in [5.74, 6) is 0.205. The molecule has 0 saturated heterocycles. The molecule has 20 heavy (non-hydrogen) atoms. The van der Waals surface area contributed by atoms with Crippen LogP contribution in [-0.2, 0) is 10.0 Å². The molecule has 1 aliphatic carbocycles. The van der Waals surface area contributed by atoms with Crippen molar-refractivity contribution in [3.8, 4) is 6.07 Å². The zero-order valence-corrected chi connectivity index (χ0v) is 12.1. The molecule has 0 spiro atoms. The SMILES string of the molecule is N#Cc1ccc(S(=O)(=O)N[C@@H]2CCCC[C@H]2CN)cc1. The van der Waals surface area contributed by atoms with Crippen molar-refractivity contribution < 1.29 is 8.42 Å². The molecule has 2 rings (SSSR count). The molecule has 3 N–H and O–H groups in total. The fraction of sp³-hybridized carbons (Fsp3) is 0.500. The molecule has 0 unspecified atom stereocenters. The largest absolute Gasteiger partial charge is 0.330 e. The Morgan fingerprint density at radius 3 is 2.50 bits per heavy atom. The number of rotatable bonds is 4. The van der Waals surface area contributed by atoms with Gasteiger partial charge in [-0.1, -0.05) is 12.8 Å². The third-order valence-electron chi connectivity index (χ3n) is 3.81. The molecule has 1 aliphatic rings. The number of nitrogens with two attached hydrogens (primary N) is 1. The molecule has 1 aromatic rings. The summed E-state index contributed by atoms with van der Waals surface area (Å²) in [5.41, 5.74) is 6.16. The second kappa shape index (κ2) is 6.35. The number of nitrogens with one attached hydrogen (secondary N) is 1. The monoisotopic (exact) mass is 293 g/mol. The second-order valence-electron chi connectivity index (χ2n) is 5.14. The molecule has 5 nitrogen and oxygen atoms in total. The predicted molar refractivity (Wildman–Crippen MR) is 76.3 cm³/mol. The van der Waals surface area contributed by atoms with Crippen molar-refractivity contribution in [2.45, 2.75) is 36.6 Å². The van der Waals surface area contributed by atoms with E-state index < -0.39 is 10.0 Å². The lowest BCUT2D eigenvalue weighted by Crippen LogP contribution is -2.44. The van der Waals surface area contributed by atoms with Crippen molar-refractivity contribution in [1.82, 2.24) is 4.72 Å². The number of nitriles is 1. The molecule has 1 fully saturated rings. The maximum Gasteiger partial charge on any atom is 0.240 e. The summed E-state index contributed by atoms with van der Waals surface area (Å²) < 4.78 is 27.4. The third kappa shape index (κ3) is 3.37. The van der Waals surface area contributed by atoms with Gasteiger partial charge in [-0.25, -0.2) is 13.1 Å². The lowest BCUT2D eigenvalue weighted by Gasteiger charge is -2.31. The summed E-state index contributed by atoms with van der Waals surface area (Å²) >= 11 is 0. The van der Waals surface area contributed by atoms with Crippen LogP contribution in [0.15, 0.2) is 29.2 Å². The van der Waals surface area contributed by atoms with Gasteiger partial charge in [0.15, 0.2) is 0 Å². The average Bonchev–Trinajstić information content (AvgIpc) is 2.47. The van der Waals surface area contributed by atoms with Gasteiger partial charge >= 0.3 is 0 Å². The highest BCUT2D eigenvalue weighted by Gasteiger charge is 2.28. The molecule has 1 saturated carbocycles. The normalized spacial score (nSPS) is 23.2. The number of hydrogen-bond donors (Lipinski definition) is 2.